The van der Waals surface area contributed by atoms with Crippen LogP contribution < -0.4 is 4.72 Å². The Morgan fingerprint density at radius 3 is 2.50 bits per heavy atom. The molecule has 0 amide bonds. The largest absolute Gasteiger partial charge is 0.271 e. The topological polar surface area (TPSA) is 64.0 Å². The molecule has 5 nitrogen and oxygen atoms in total. The van der Waals surface area contributed by atoms with Gasteiger partial charge in [-0.3, -0.25) is 4.68 Å². The van der Waals surface area contributed by atoms with E-state index in [0.29, 0.717) is 0 Å². The monoisotopic (exact) mass is 301 g/mol. The molecule has 108 valence electrons. The predicted octanol–water partition coefficient (Wildman–Crippen LogP) is 1.53. The number of aromatic nitrogens is 2. The summed E-state index contributed by atoms with van der Waals surface area (Å²) in [4.78, 5) is -0.965. The Morgan fingerprint density at radius 2 is 1.95 bits per heavy atom. The van der Waals surface area contributed by atoms with Gasteiger partial charge in [0.2, 0.25) is 10.0 Å². The van der Waals surface area contributed by atoms with Crippen LogP contribution in [0.5, 0.6) is 0 Å². The van der Waals surface area contributed by atoms with Crippen molar-refractivity contribution in [3.63, 3.8) is 0 Å². The van der Waals surface area contributed by atoms with Gasteiger partial charge in [-0.25, -0.2) is 21.9 Å². The van der Waals surface area contributed by atoms with Gasteiger partial charge in [-0.05, 0) is 25.1 Å². The van der Waals surface area contributed by atoms with E-state index in [-0.39, 0.29) is 6.54 Å². The van der Waals surface area contributed by atoms with Crippen LogP contribution in [0.25, 0.3) is 0 Å². The van der Waals surface area contributed by atoms with Gasteiger partial charge in [0.1, 0.15) is 11.6 Å². The number of halogens is 2. The van der Waals surface area contributed by atoms with E-state index >= 15 is 0 Å². The first-order chi connectivity index (χ1) is 9.40. The minimum Gasteiger partial charge on any atom is -0.271 e. The Bertz CT molecular complexity index is 666. The molecule has 20 heavy (non-hydrogen) atoms. The zero-order valence-corrected chi connectivity index (χ0v) is 11.4. The molecule has 0 fully saturated rings. The van der Waals surface area contributed by atoms with Crippen molar-refractivity contribution >= 4 is 10.0 Å². The molecule has 0 aliphatic heterocycles. The summed E-state index contributed by atoms with van der Waals surface area (Å²) in [5, 5.41) is 3.93. The quantitative estimate of drug-likeness (QED) is 0.911. The van der Waals surface area contributed by atoms with E-state index in [1.54, 1.807) is 25.4 Å². The molecule has 0 saturated carbocycles. The molecular formula is C12H13F2N3O2S. The Balaban J connectivity index is 2.19. The van der Waals surface area contributed by atoms with Crippen LogP contribution in [-0.2, 0) is 16.6 Å². The smallest absolute Gasteiger partial charge is 0.246 e. The first-order valence-electron chi connectivity index (χ1n) is 5.84. The minimum atomic E-state index is -4.27. The maximum Gasteiger partial charge on any atom is 0.246 e. The molecule has 1 unspecified atom stereocenters. The Morgan fingerprint density at radius 1 is 1.30 bits per heavy atom. The van der Waals surface area contributed by atoms with Crippen molar-refractivity contribution in [1.29, 1.82) is 0 Å². The Kier molecular flexibility index (Phi) is 4.15. The number of benzene rings is 1. The Labute approximate surface area is 115 Å². The molecule has 2 aromatic rings. The molecule has 0 aliphatic carbocycles. The SMILES string of the molecule is CC(Cn1cccn1)NS(=O)(=O)c1c(F)cccc1F. The van der Waals surface area contributed by atoms with E-state index in [1.807, 2.05) is 0 Å². The summed E-state index contributed by atoms with van der Waals surface area (Å²) < 4.78 is 54.7. The number of nitrogens with one attached hydrogen (secondary N) is 1. The summed E-state index contributed by atoms with van der Waals surface area (Å²) >= 11 is 0. The van der Waals surface area contributed by atoms with Gasteiger partial charge in [0.25, 0.3) is 0 Å². The lowest BCUT2D eigenvalue weighted by atomic mass is 10.3. The minimum absolute atomic E-state index is 0.252. The van der Waals surface area contributed by atoms with E-state index in [4.69, 9.17) is 0 Å². The van der Waals surface area contributed by atoms with Crippen molar-refractivity contribution in [2.45, 2.75) is 24.4 Å². The van der Waals surface area contributed by atoms with Crippen molar-refractivity contribution in [3.8, 4) is 0 Å². The molecule has 1 heterocycles. The van der Waals surface area contributed by atoms with Crippen molar-refractivity contribution in [2.75, 3.05) is 0 Å². The lowest BCUT2D eigenvalue weighted by Crippen LogP contribution is -2.36. The second-order valence-corrected chi connectivity index (χ2v) is 5.95. The van der Waals surface area contributed by atoms with E-state index in [9.17, 15) is 17.2 Å². The fourth-order valence-corrected chi connectivity index (χ4v) is 3.16. The molecule has 1 aromatic carbocycles. The lowest BCUT2D eigenvalue weighted by molar-refractivity contribution is 0.480. The van der Waals surface area contributed by atoms with E-state index in [1.165, 1.54) is 4.68 Å². The van der Waals surface area contributed by atoms with Gasteiger partial charge in [0.15, 0.2) is 4.90 Å². The molecular weight excluding hydrogens is 288 g/mol. The summed E-state index contributed by atoms with van der Waals surface area (Å²) in [7, 11) is -4.27. The molecule has 0 saturated heterocycles. The van der Waals surface area contributed by atoms with Crippen LogP contribution in [0.15, 0.2) is 41.6 Å². The highest BCUT2D eigenvalue weighted by atomic mass is 32.2. The molecule has 1 aromatic heterocycles. The zero-order chi connectivity index (χ0) is 14.8. The molecule has 0 spiro atoms. The molecule has 0 bridgehead atoms. The highest BCUT2D eigenvalue weighted by Crippen LogP contribution is 2.18. The van der Waals surface area contributed by atoms with Gasteiger partial charge in [-0.1, -0.05) is 6.07 Å². The first-order valence-corrected chi connectivity index (χ1v) is 7.32. The number of rotatable bonds is 5. The molecule has 2 rings (SSSR count). The van der Waals surface area contributed by atoms with Crippen LogP contribution in [0, 0.1) is 11.6 Å². The van der Waals surface area contributed by atoms with Gasteiger partial charge in [0, 0.05) is 18.4 Å². The summed E-state index contributed by atoms with van der Waals surface area (Å²) in [6.07, 6.45) is 3.21. The third-order valence-electron chi connectivity index (χ3n) is 2.56. The van der Waals surface area contributed by atoms with Crippen molar-refractivity contribution in [1.82, 2.24) is 14.5 Å². The number of hydrogen-bond donors (Lipinski definition) is 1. The van der Waals surface area contributed by atoms with Crippen LogP contribution in [0.1, 0.15) is 6.92 Å². The number of hydrogen-bond acceptors (Lipinski definition) is 3. The van der Waals surface area contributed by atoms with Crippen molar-refractivity contribution in [3.05, 3.63) is 48.3 Å². The maximum atomic E-state index is 13.5. The standard InChI is InChI=1S/C12H13F2N3O2S/c1-9(8-17-7-3-6-15-17)16-20(18,19)12-10(13)4-2-5-11(12)14/h2-7,9,16H,8H2,1H3. The van der Waals surface area contributed by atoms with E-state index < -0.39 is 32.6 Å². The fraction of sp³-hybridized carbons (Fsp3) is 0.250. The van der Waals surface area contributed by atoms with Crippen molar-refractivity contribution < 1.29 is 17.2 Å². The van der Waals surface area contributed by atoms with Crippen LogP contribution in [0.3, 0.4) is 0 Å². The maximum absolute atomic E-state index is 13.5. The average Bonchev–Trinajstić information content (AvgIpc) is 2.79. The van der Waals surface area contributed by atoms with Gasteiger partial charge < -0.3 is 0 Å². The summed E-state index contributed by atoms with van der Waals surface area (Å²) in [5.41, 5.74) is 0. The second kappa shape index (κ2) is 5.68. The highest BCUT2D eigenvalue weighted by Gasteiger charge is 2.25. The molecule has 1 N–H and O–H groups in total. The van der Waals surface area contributed by atoms with Gasteiger partial charge >= 0.3 is 0 Å². The normalized spacial score (nSPS) is 13.3. The third kappa shape index (κ3) is 3.20. The fourth-order valence-electron chi connectivity index (χ4n) is 1.79. The average molecular weight is 301 g/mol. The molecule has 0 aliphatic rings. The van der Waals surface area contributed by atoms with Crippen LogP contribution >= 0.6 is 0 Å². The van der Waals surface area contributed by atoms with Crippen molar-refractivity contribution in [2.24, 2.45) is 0 Å². The number of sulfonamides is 1. The first kappa shape index (κ1) is 14.6. The predicted molar refractivity (Wildman–Crippen MR) is 68.4 cm³/mol. The second-order valence-electron chi connectivity index (χ2n) is 4.30. The third-order valence-corrected chi connectivity index (χ3v) is 4.20. The van der Waals surface area contributed by atoms with Gasteiger partial charge in [-0.2, -0.15) is 5.10 Å². The molecule has 8 heteroatoms. The van der Waals surface area contributed by atoms with Crippen LogP contribution in [0.2, 0.25) is 0 Å². The molecule has 1 atom stereocenters. The zero-order valence-electron chi connectivity index (χ0n) is 10.6. The highest BCUT2D eigenvalue weighted by molar-refractivity contribution is 7.89. The number of nitrogens with zero attached hydrogens (tertiary/aromatic N) is 2. The summed E-state index contributed by atoms with van der Waals surface area (Å²) in [6, 6.07) is 4.03. The van der Waals surface area contributed by atoms with Crippen LogP contribution in [-0.4, -0.2) is 24.2 Å². The van der Waals surface area contributed by atoms with Crippen LogP contribution in [0.4, 0.5) is 8.78 Å². The molecule has 0 radical (unpaired) electrons. The van der Waals surface area contributed by atoms with Gasteiger partial charge in [-0.15, -0.1) is 0 Å². The Hall–Kier alpha value is -1.80. The summed E-state index contributed by atoms with van der Waals surface area (Å²) in [6.45, 7) is 1.83. The lowest BCUT2D eigenvalue weighted by Gasteiger charge is -2.15. The van der Waals surface area contributed by atoms with E-state index in [0.717, 1.165) is 18.2 Å². The van der Waals surface area contributed by atoms with E-state index in [2.05, 4.69) is 9.82 Å². The van der Waals surface area contributed by atoms with Gasteiger partial charge in [0.05, 0.1) is 6.54 Å². The summed E-state index contributed by atoms with van der Waals surface area (Å²) in [5.74, 6) is -2.24.